The summed E-state index contributed by atoms with van der Waals surface area (Å²) in [5.41, 5.74) is -7.35. The Morgan fingerprint density at radius 2 is 1.59 bits per heavy atom. The number of carbonyl (C=O) groups excluding carboxylic acids is 1. The van der Waals surface area contributed by atoms with Crippen LogP contribution in [-0.4, -0.2) is 55.7 Å². The molecule has 0 aliphatic carbocycles. The molecule has 2 aromatic carbocycles. The quantitative estimate of drug-likeness (QED) is 0.465. The summed E-state index contributed by atoms with van der Waals surface area (Å²) in [5, 5.41) is 2.74. The maximum atomic E-state index is 15.3. The average Bonchev–Trinajstić information content (AvgIpc) is 3.27. The lowest BCUT2D eigenvalue weighted by atomic mass is 9.84. The molecule has 0 N–H and O–H groups in total. The number of hydrogen-bond donors (Lipinski definition) is 0. The third-order valence-corrected chi connectivity index (χ3v) is 9.26. The maximum absolute atomic E-state index is 15.3. The molecule has 2 fully saturated rings. The molecule has 1 amide bonds. The van der Waals surface area contributed by atoms with Crippen molar-refractivity contribution in [3.05, 3.63) is 69.7 Å². The lowest BCUT2D eigenvalue weighted by Gasteiger charge is -2.46. The van der Waals surface area contributed by atoms with Crippen LogP contribution in [0.3, 0.4) is 0 Å². The van der Waals surface area contributed by atoms with Crippen LogP contribution in [0.2, 0.25) is 5.02 Å². The van der Waals surface area contributed by atoms with Crippen LogP contribution in [-0.2, 0) is 36.9 Å². The van der Waals surface area contributed by atoms with Crippen LogP contribution in [0.5, 0.6) is 0 Å². The maximum Gasteiger partial charge on any atom is 0.435 e. The van der Waals surface area contributed by atoms with Gasteiger partial charge in [0.05, 0.1) is 46.8 Å². The highest BCUT2D eigenvalue weighted by Gasteiger charge is 2.62. The molecule has 39 heavy (non-hydrogen) atoms. The lowest BCUT2D eigenvalue weighted by molar-refractivity contribution is -0.276. The third kappa shape index (κ3) is 4.75. The molecule has 6 nitrogen and oxygen atoms in total. The van der Waals surface area contributed by atoms with E-state index in [-0.39, 0.29) is 47.5 Å². The Balaban J connectivity index is 1.32. The zero-order chi connectivity index (χ0) is 28.6. The minimum atomic E-state index is -5.15. The van der Waals surface area contributed by atoms with Crippen molar-refractivity contribution in [2.75, 3.05) is 24.6 Å². The number of alkyl halides is 7. The molecular weight excluding hydrogens is 581 g/mol. The van der Waals surface area contributed by atoms with E-state index in [1.54, 1.807) is 0 Å². The second-order valence-corrected chi connectivity index (χ2v) is 12.4. The first-order chi connectivity index (χ1) is 17.9. The number of rotatable bonds is 4. The van der Waals surface area contributed by atoms with Gasteiger partial charge in [0.2, 0.25) is 5.91 Å². The lowest BCUT2D eigenvalue weighted by Crippen LogP contribution is -2.62. The molecule has 210 valence electrons. The highest BCUT2D eigenvalue weighted by atomic mass is 35.5. The van der Waals surface area contributed by atoms with E-state index in [2.05, 4.69) is 5.16 Å². The molecule has 1 unspecified atom stereocenters. The molecule has 3 aliphatic rings. The fraction of sp³-hybridized carbons (Fsp3) is 0.417. The third-order valence-electron chi connectivity index (χ3n) is 7.11. The molecule has 2 aromatic rings. The number of nitrogens with zero attached hydrogens (tertiary/aromatic N) is 2. The molecule has 0 radical (unpaired) electrons. The van der Waals surface area contributed by atoms with Crippen molar-refractivity contribution >= 4 is 33.1 Å². The topological polar surface area (TPSA) is 76.0 Å². The summed E-state index contributed by atoms with van der Waals surface area (Å²) in [7, 11) is -3.22. The highest BCUT2D eigenvalue weighted by molar-refractivity contribution is 7.92. The largest absolute Gasteiger partial charge is 0.435 e. The van der Waals surface area contributed by atoms with E-state index >= 15 is 4.39 Å². The normalized spacial score (nSPS) is 24.4. The first-order valence-corrected chi connectivity index (χ1v) is 13.6. The summed E-state index contributed by atoms with van der Waals surface area (Å²) < 4.78 is 120. The first kappa shape index (κ1) is 27.7. The summed E-state index contributed by atoms with van der Waals surface area (Å²) in [5.74, 6) is -1.68. The monoisotopic (exact) mass is 598 g/mol. The summed E-state index contributed by atoms with van der Waals surface area (Å²) in [6.07, 6.45) is -11.1. The van der Waals surface area contributed by atoms with Crippen LogP contribution in [0.4, 0.5) is 30.7 Å². The standard InChI is InChI=1S/C24H18ClF7N2O4S/c25-18-6-5-16(7-17(18)23(27,28)29)22(24(30,31)32)8-19(33-38-22)13-1-3-15(4-2-13)21(26)11-34(12-21)20(35)14-9-39(36,37)10-14/h1-7,14H,8-12H2. The van der Waals surface area contributed by atoms with Gasteiger partial charge in [0.25, 0.3) is 5.60 Å². The van der Waals surface area contributed by atoms with Crippen LogP contribution in [0.1, 0.15) is 28.7 Å². The van der Waals surface area contributed by atoms with Gasteiger partial charge in [-0.15, -0.1) is 0 Å². The number of likely N-dealkylation sites (tertiary alicyclic amines) is 1. The number of carbonyl (C=O) groups is 1. The number of benzene rings is 2. The van der Waals surface area contributed by atoms with E-state index in [9.17, 15) is 39.6 Å². The van der Waals surface area contributed by atoms with Crippen molar-refractivity contribution in [1.29, 1.82) is 0 Å². The van der Waals surface area contributed by atoms with Crippen LogP contribution in [0, 0.1) is 5.92 Å². The Morgan fingerprint density at radius 1 is 1.00 bits per heavy atom. The highest BCUT2D eigenvalue weighted by Crippen LogP contribution is 2.50. The molecule has 3 heterocycles. The molecule has 1 atom stereocenters. The summed E-state index contributed by atoms with van der Waals surface area (Å²) in [6.45, 7) is -0.609. The molecule has 3 aliphatic heterocycles. The van der Waals surface area contributed by atoms with Crippen molar-refractivity contribution < 1.29 is 48.8 Å². The van der Waals surface area contributed by atoms with Crippen LogP contribution in [0.25, 0.3) is 0 Å². The van der Waals surface area contributed by atoms with Gasteiger partial charge < -0.3 is 9.74 Å². The van der Waals surface area contributed by atoms with Gasteiger partial charge in [-0.25, -0.2) is 12.8 Å². The average molecular weight is 599 g/mol. The summed E-state index contributed by atoms with van der Waals surface area (Å²) in [6, 6.07) is 7.01. The van der Waals surface area contributed by atoms with Crippen molar-refractivity contribution in [1.82, 2.24) is 4.90 Å². The van der Waals surface area contributed by atoms with Crippen LogP contribution in [0.15, 0.2) is 47.6 Å². The Labute approximate surface area is 222 Å². The zero-order valence-electron chi connectivity index (χ0n) is 19.6. The Bertz CT molecular complexity index is 1460. The summed E-state index contributed by atoms with van der Waals surface area (Å²) in [4.78, 5) is 18.3. The number of sulfone groups is 1. The number of amides is 1. The molecule has 0 spiro atoms. The van der Waals surface area contributed by atoms with Gasteiger partial charge in [0.15, 0.2) is 15.5 Å². The van der Waals surface area contributed by atoms with Crippen LogP contribution >= 0.6 is 11.6 Å². The zero-order valence-corrected chi connectivity index (χ0v) is 21.2. The van der Waals surface area contributed by atoms with Crippen molar-refractivity contribution in [2.24, 2.45) is 11.1 Å². The minimum Gasteiger partial charge on any atom is -0.374 e. The van der Waals surface area contributed by atoms with Gasteiger partial charge in [-0.3, -0.25) is 4.79 Å². The van der Waals surface area contributed by atoms with Crippen molar-refractivity contribution in [3.63, 3.8) is 0 Å². The molecular formula is C24H18ClF7N2O4S. The van der Waals surface area contributed by atoms with E-state index in [4.69, 9.17) is 16.4 Å². The molecule has 15 heteroatoms. The molecule has 0 saturated carbocycles. The number of oxime groups is 1. The number of halogens is 8. The van der Waals surface area contributed by atoms with E-state index in [1.165, 1.54) is 29.2 Å². The van der Waals surface area contributed by atoms with Gasteiger partial charge in [0.1, 0.15) is 0 Å². The fourth-order valence-corrected chi connectivity index (χ4v) is 6.51. The second-order valence-electron chi connectivity index (χ2n) is 9.83. The Morgan fingerprint density at radius 3 is 2.13 bits per heavy atom. The molecule has 2 saturated heterocycles. The van der Waals surface area contributed by atoms with Gasteiger partial charge in [0, 0.05) is 12.0 Å². The van der Waals surface area contributed by atoms with Crippen LogP contribution < -0.4 is 0 Å². The van der Waals surface area contributed by atoms with Gasteiger partial charge in [-0.05, 0) is 23.3 Å². The minimum absolute atomic E-state index is 0.130. The predicted octanol–water partition coefficient (Wildman–Crippen LogP) is 4.99. The number of hydrogen-bond acceptors (Lipinski definition) is 5. The van der Waals surface area contributed by atoms with E-state index in [1.807, 2.05) is 0 Å². The Hall–Kier alpha value is -2.87. The predicted molar refractivity (Wildman–Crippen MR) is 124 cm³/mol. The van der Waals surface area contributed by atoms with Crippen molar-refractivity contribution in [2.45, 2.75) is 30.0 Å². The molecule has 5 rings (SSSR count). The van der Waals surface area contributed by atoms with E-state index < -0.39 is 67.9 Å². The van der Waals surface area contributed by atoms with Crippen molar-refractivity contribution in [3.8, 4) is 0 Å². The first-order valence-electron chi connectivity index (χ1n) is 11.4. The second kappa shape index (κ2) is 8.82. The SMILES string of the molecule is O=C(C1CS(=O)(=O)C1)N1CC(F)(c2ccc(C3=NOC(c4ccc(Cl)c(C(F)(F)F)c4)(C(F)(F)F)C3)cc2)C1. The van der Waals surface area contributed by atoms with E-state index in [0.29, 0.717) is 6.07 Å². The fourth-order valence-electron chi connectivity index (χ4n) is 4.88. The molecule has 0 bridgehead atoms. The van der Waals surface area contributed by atoms with E-state index in [0.717, 1.165) is 6.07 Å². The molecule has 0 aromatic heterocycles. The Kier molecular flexibility index (Phi) is 6.26. The van der Waals surface area contributed by atoms with Gasteiger partial charge >= 0.3 is 12.4 Å². The smallest absolute Gasteiger partial charge is 0.374 e. The van der Waals surface area contributed by atoms with Gasteiger partial charge in [-0.2, -0.15) is 26.3 Å². The summed E-state index contributed by atoms with van der Waals surface area (Å²) >= 11 is 5.56. The van der Waals surface area contributed by atoms with Gasteiger partial charge in [-0.1, -0.05) is 47.1 Å².